The van der Waals surface area contributed by atoms with Crippen molar-refractivity contribution in [1.82, 2.24) is 4.72 Å². The first kappa shape index (κ1) is 14.6. The van der Waals surface area contributed by atoms with Crippen molar-refractivity contribution in [3.05, 3.63) is 15.8 Å². The van der Waals surface area contributed by atoms with E-state index in [0.29, 0.717) is 17.7 Å². The molecule has 98 valence electrons. The minimum absolute atomic E-state index is 0.0112. The van der Waals surface area contributed by atoms with Gasteiger partial charge in [-0.05, 0) is 32.8 Å². The lowest BCUT2D eigenvalue weighted by molar-refractivity contribution is 0.270. The van der Waals surface area contributed by atoms with Crippen molar-refractivity contribution in [2.45, 2.75) is 44.6 Å². The van der Waals surface area contributed by atoms with Crippen molar-refractivity contribution in [2.24, 2.45) is 0 Å². The molecule has 0 radical (unpaired) electrons. The van der Waals surface area contributed by atoms with Gasteiger partial charge in [0.1, 0.15) is 0 Å². The number of thiophene rings is 1. The minimum Gasteiger partial charge on any atom is -0.396 e. The molecular formula is C11H19NO3S2. The zero-order valence-electron chi connectivity index (χ0n) is 10.4. The first-order chi connectivity index (χ1) is 7.90. The maximum atomic E-state index is 12.1. The van der Waals surface area contributed by atoms with Gasteiger partial charge in [0.15, 0.2) is 0 Å². The number of sulfonamides is 1. The highest BCUT2D eigenvalue weighted by Gasteiger charge is 2.22. The van der Waals surface area contributed by atoms with Gasteiger partial charge in [-0.1, -0.05) is 6.92 Å². The monoisotopic (exact) mass is 277 g/mol. The molecule has 0 aliphatic heterocycles. The Bertz CT molecular complexity index is 465. The molecule has 17 heavy (non-hydrogen) atoms. The summed E-state index contributed by atoms with van der Waals surface area (Å²) in [5.41, 5.74) is 0. The third-order valence-corrected chi connectivity index (χ3v) is 5.32. The molecule has 0 amide bonds. The molecule has 0 bridgehead atoms. The van der Waals surface area contributed by atoms with E-state index in [-0.39, 0.29) is 12.6 Å². The van der Waals surface area contributed by atoms with Crippen LogP contribution in [0.25, 0.3) is 0 Å². The lowest BCUT2D eigenvalue weighted by Crippen LogP contribution is -2.35. The number of hydrogen-bond acceptors (Lipinski definition) is 4. The van der Waals surface area contributed by atoms with Crippen LogP contribution in [0.1, 0.15) is 29.5 Å². The van der Waals surface area contributed by atoms with Crippen LogP contribution in [0.15, 0.2) is 11.0 Å². The van der Waals surface area contributed by atoms with E-state index in [2.05, 4.69) is 4.72 Å². The Morgan fingerprint density at radius 1 is 1.47 bits per heavy atom. The Morgan fingerprint density at radius 3 is 2.53 bits per heavy atom. The van der Waals surface area contributed by atoms with Gasteiger partial charge in [0.05, 0.1) is 4.90 Å². The van der Waals surface area contributed by atoms with Crippen molar-refractivity contribution >= 4 is 21.4 Å². The van der Waals surface area contributed by atoms with E-state index in [9.17, 15) is 8.42 Å². The van der Waals surface area contributed by atoms with Gasteiger partial charge < -0.3 is 5.11 Å². The van der Waals surface area contributed by atoms with E-state index >= 15 is 0 Å². The van der Waals surface area contributed by atoms with Gasteiger partial charge in [-0.2, -0.15) is 0 Å². The zero-order chi connectivity index (χ0) is 13.1. The van der Waals surface area contributed by atoms with Crippen LogP contribution in [0.4, 0.5) is 0 Å². The standard InChI is InChI=1S/C11H19NO3S2/c1-4-10(5-6-13)12-17(14,15)11-7-8(2)16-9(11)3/h7,10,12-13H,4-6H2,1-3H3. The summed E-state index contributed by atoms with van der Waals surface area (Å²) in [7, 11) is -3.45. The maximum Gasteiger partial charge on any atom is 0.241 e. The van der Waals surface area contributed by atoms with E-state index in [0.717, 1.165) is 9.75 Å². The number of aliphatic hydroxyl groups is 1. The van der Waals surface area contributed by atoms with Gasteiger partial charge >= 0.3 is 0 Å². The molecular weight excluding hydrogens is 258 g/mol. The number of aliphatic hydroxyl groups excluding tert-OH is 1. The van der Waals surface area contributed by atoms with Gasteiger partial charge in [-0.3, -0.25) is 0 Å². The second kappa shape index (κ2) is 5.95. The van der Waals surface area contributed by atoms with Crippen molar-refractivity contribution < 1.29 is 13.5 Å². The van der Waals surface area contributed by atoms with Crippen molar-refractivity contribution in [1.29, 1.82) is 0 Å². The maximum absolute atomic E-state index is 12.1. The van der Waals surface area contributed by atoms with E-state index in [1.807, 2.05) is 13.8 Å². The number of rotatable bonds is 6. The minimum atomic E-state index is -3.45. The molecule has 4 nitrogen and oxygen atoms in total. The second-order valence-corrected chi connectivity index (χ2v) is 7.16. The largest absolute Gasteiger partial charge is 0.396 e. The third kappa shape index (κ3) is 3.77. The molecule has 0 aliphatic rings. The van der Waals surface area contributed by atoms with Gasteiger partial charge in [-0.25, -0.2) is 13.1 Å². The second-order valence-electron chi connectivity index (χ2n) is 4.02. The Balaban J connectivity index is 2.92. The van der Waals surface area contributed by atoms with Crippen LogP contribution in [0, 0.1) is 13.8 Å². The highest BCUT2D eigenvalue weighted by atomic mass is 32.2. The summed E-state index contributed by atoms with van der Waals surface area (Å²) in [6.45, 7) is 5.58. The Hall–Kier alpha value is -0.430. The van der Waals surface area contributed by atoms with Crippen LogP contribution in [-0.4, -0.2) is 26.2 Å². The molecule has 0 spiro atoms. The zero-order valence-corrected chi connectivity index (χ0v) is 12.0. The van der Waals surface area contributed by atoms with Crippen molar-refractivity contribution in [2.75, 3.05) is 6.61 Å². The van der Waals surface area contributed by atoms with Crippen LogP contribution in [0.2, 0.25) is 0 Å². The molecule has 1 heterocycles. The van der Waals surface area contributed by atoms with Crippen LogP contribution in [-0.2, 0) is 10.0 Å². The summed E-state index contributed by atoms with van der Waals surface area (Å²) < 4.78 is 26.9. The van der Waals surface area contributed by atoms with Crippen molar-refractivity contribution in [3.63, 3.8) is 0 Å². The van der Waals surface area contributed by atoms with E-state index in [1.165, 1.54) is 11.3 Å². The van der Waals surface area contributed by atoms with Crippen LogP contribution < -0.4 is 4.72 Å². The normalized spacial score (nSPS) is 13.9. The lowest BCUT2D eigenvalue weighted by atomic mass is 10.2. The topological polar surface area (TPSA) is 66.4 Å². The predicted molar refractivity (Wildman–Crippen MR) is 69.9 cm³/mol. The highest BCUT2D eigenvalue weighted by Crippen LogP contribution is 2.25. The molecule has 2 N–H and O–H groups in total. The molecule has 0 saturated carbocycles. The van der Waals surface area contributed by atoms with E-state index in [1.54, 1.807) is 13.0 Å². The molecule has 0 aliphatic carbocycles. The van der Waals surface area contributed by atoms with Crippen LogP contribution in [0.5, 0.6) is 0 Å². The van der Waals surface area contributed by atoms with Crippen LogP contribution >= 0.6 is 11.3 Å². The summed E-state index contributed by atoms with van der Waals surface area (Å²) in [6.07, 6.45) is 1.11. The molecule has 6 heteroatoms. The average molecular weight is 277 g/mol. The molecule has 1 aromatic rings. The SMILES string of the molecule is CCC(CCO)NS(=O)(=O)c1cc(C)sc1C. The smallest absolute Gasteiger partial charge is 0.241 e. The summed E-state index contributed by atoms with van der Waals surface area (Å²) in [5, 5.41) is 8.86. The van der Waals surface area contributed by atoms with Gasteiger partial charge in [-0.15, -0.1) is 11.3 Å². The molecule has 1 unspecified atom stereocenters. The third-order valence-electron chi connectivity index (χ3n) is 2.58. The molecule has 1 atom stereocenters. The average Bonchev–Trinajstić information content (AvgIpc) is 2.57. The van der Waals surface area contributed by atoms with E-state index in [4.69, 9.17) is 5.11 Å². The summed E-state index contributed by atoms with van der Waals surface area (Å²) >= 11 is 1.48. The Labute approximate surface area is 107 Å². The van der Waals surface area contributed by atoms with Crippen LogP contribution in [0.3, 0.4) is 0 Å². The summed E-state index contributed by atoms with van der Waals surface area (Å²) in [4.78, 5) is 2.14. The molecule has 1 rings (SSSR count). The fourth-order valence-corrected chi connectivity index (χ4v) is 4.57. The number of aryl methyl sites for hydroxylation is 2. The fraction of sp³-hybridized carbons (Fsp3) is 0.636. The molecule has 1 aromatic heterocycles. The highest BCUT2D eigenvalue weighted by molar-refractivity contribution is 7.89. The number of nitrogens with one attached hydrogen (secondary N) is 1. The molecule has 0 saturated heterocycles. The quantitative estimate of drug-likeness (QED) is 0.833. The Morgan fingerprint density at radius 2 is 2.12 bits per heavy atom. The number of hydrogen-bond donors (Lipinski definition) is 2. The predicted octanol–water partition coefficient (Wildman–Crippen LogP) is 1.80. The molecule has 0 aromatic carbocycles. The first-order valence-corrected chi connectivity index (χ1v) is 7.91. The van der Waals surface area contributed by atoms with Gasteiger partial charge in [0.25, 0.3) is 0 Å². The molecule has 0 fully saturated rings. The lowest BCUT2D eigenvalue weighted by Gasteiger charge is -2.15. The van der Waals surface area contributed by atoms with Crippen molar-refractivity contribution in [3.8, 4) is 0 Å². The summed E-state index contributed by atoms with van der Waals surface area (Å²) in [6, 6.07) is 1.48. The fourth-order valence-electron chi connectivity index (χ4n) is 1.66. The summed E-state index contributed by atoms with van der Waals surface area (Å²) in [5.74, 6) is 0. The first-order valence-electron chi connectivity index (χ1n) is 5.61. The van der Waals surface area contributed by atoms with Gasteiger partial charge in [0, 0.05) is 22.4 Å². The van der Waals surface area contributed by atoms with Gasteiger partial charge in [0.2, 0.25) is 10.0 Å². The van der Waals surface area contributed by atoms with E-state index < -0.39 is 10.0 Å². The Kier molecular flexibility index (Phi) is 5.12.